The number of ether oxygens (including phenoxy) is 2. The molecule has 1 amide bonds. The van der Waals surface area contributed by atoms with E-state index in [-0.39, 0.29) is 29.6 Å². The summed E-state index contributed by atoms with van der Waals surface area (Å²) in [6.07, 6.45) is 5.97. The molecule has 6 atom stereocenters. The Hall–Kier alpha value is -2.67. The smallest absolute Gasteiger partial charge is 0.224 e. The normalized spacial score (nSPS) is 39.5. The average molecular weight is 508 g/mol. The summed E-state index contributed by atoms with van der Waals surface area (Å²) in [6, 6.07) is 3.16. The van der Waals surface area contributed by atoms with Crippen molar-refractivity contribution in [3.05, 3.63) is 34.6 Å². The Labute approximate surface area is 218 Å². The number of phenols is 1. The number of nitrogens with one attached hydrogen (secondary N) is 1. The van der Waals surface area contributed by atoms with Crippen molar-refractivity contribution in [3.63, 3.8) is 0 Å². The molecule has 2 fully saturated rings. The van der Waals surface area contributed by atoms with E-state index in [0.717, 1.165) is 44.1 Å². The number of ketones is 2. The number of methoxy groups -OCH3 is 1. The third-order valence-corrected chi connectivity index (χ3v) is 10.4. The zero-order valence-electron chi connectivity index (χ0n) is 22.2. The summed E-state index contributed by atoms with van der Waals surface area (Å²) < 4.78 is 12.4. The molecule has 6 rings (SSSR count). The fourth-order valence-electron chi connectivity index (χ4n) is 8.87. The fourth-order valence-corrected chi connectivity index (χ4v) is 8.87. The molecule has 1 aromatic carbocycles. The van der Waals surface area contributed by atoms with Crippen molar-refractivity contribution in [1.29, 1.82) is 0 Å². The Morgan fingerprint density at radius 1 is 1.19 bits per heavy atom. The molecule has 1 aromatic rings. The number of phenolic OH excluding ortho intramolecular Hbond substituents is 1. The molecular formula is C30H37NO6. The molecule has 0 radical (unpaired) electrons. The molecule has 2 bridgehead atoms. The van der Waals surface area contributed by atoms with Crippen molar-refractivity contribution in [2.24, 2.45) is 17.3 Å². The van der Waals surface area contributed by atoms with E-state index in [4.69, 9.17) is 9.47 Å². The van der Waals surface area contributed by atoms with Crippen LogP contribution in [0.25, 0.3) is 0 Å². The molecule has 5 aliphatic rings. The first-order valence-corrected chi connectivity index (χ1v) is 13.9. The molecule has 3 aliphatic carbocycles. The molecule has 0 aromatic heterocycles. The van der Waals surface area contributed by atoms with Crippen molar-refractivity contribution < 1.29 is 29.0 Å². The number of Topliss-reactive ketones (excluding diaryl/α,β-unsaturated/α-hetero) is 2. The number of hydrogen-bond acceptors (Lipinski definition) is 6. The van der Waals surface area contributed by atoms with E-state index in [1.807, 2.05) is 6.92 Å². The Morgan fingerprint density at radius 3 is 2.68 bits per heavy atom. The van der Waals surface area contributed by atoms with Gasteiger partial charge in [-0.3, -0.25) is 14.4 Å². The number of rotatable bonds is 6. The van der Waals surface area contributed by atoms with Crippen molar-refractivity contribution in [2.75, 3.05) is 7.11 Å². The zero-order valence-corrected chi connectivity index (χ0v) is 22.2. The molecule has 2 spiro atoms. The first-order valence-electron chi connectivity index (χ1n) is 13.9. The highest BCUT2D eigenvalue weighted by atomic mass is 16.5. The molecule has 1 saturated carbocycles. The lowest BCUT2D eigenvalue weighted by Crippen LogP contribution is -2.54. The maximum absolute atomic E-state index is 14.8. The van der Waals surface area contributed by atoms with E-state index in [1.54, 1.807) is 13.2 Å². The largest absolute Gasteiger partial charge is 0.504 e. The summed E-state index contributed by atoms with van der Waals surface area (Å²) in [6.45, 7) is 6.17. The van der Waals surface area contributed by atoms with Crippen LogP contribution in [0.5, 0.6) is 11.5 Å². The standard InChI is InChI=1S/C30H37NO6/c1-5-7-8-11-18-23-28(3)25(34)20(36-4)12-9-10-16(6-2)26-29(28)15-30(23,31-27(18)35)24(33)17-13-14-19(32)22(37-26)21(17)29/h13-14,18,20,23,32H,5-12,15H2,1-4H3,(H,31,35)/b26-16+/t18-,20-,23+,28+,29-,30+/m0/s1. The second-order valence-electron chi connectivity index (χ2n) is 11.9. The summed E-state index contributed by atoms with van der Waals surface area (Å²) in [4.78, 5) is 42.8. The minimum absolute atomic E-state index is 0.0249. The summed E-state index contributed by atoms with van der Waals surface area (Å²) in [7, 11) is 1.58. The zero-order chi connectivity index (χ0) is 26.3. The van der Waals surface area contributed by atoms with Crippen LogP contribution in [0.2, 0.25) is 0 Å². The van der Waals surface area contributed by atoms with Gasteiger partial charge in [0.15, 0.2) is 23.1 Å². The number of unbranched alkanes of at least 4 members (excludes halogenated alkanes) is 2. The van der Waals surface area contributed by atoms with Gasteiger partial charge >= 0.3 is 0 Å². The molecule has 198 valence electrons. The van der Waals surface area contributed by atoms with Crippen LogP contribution in [-0.2, 0) is 19.7 Å². The van der Waals surface area contributed by atoms with Gasteiger partial charge in [-0.15, -0.1) is 0 Å². The lowest BCUT2D eigenvalue weighted by Gasteiger charge is -2.45. The first-order chi connectivity index (χ1) is 17.7. The third kappa shape index (κ3) is 2.74. The fraction of sp³-hybridized carbons (Fsp3) is 0.633. The van der Waals surface area contributed by atoms with Crippen LogP contribution in [-0.4, -0.2) is 41.3 Å². The molecule has 2 N–H and O–H groups in total. The number of carbonyl (C=O) groups excluding carboxylic acids is 3. The Balaban J connectivity index is 1.71. The number of benzene rings is 1. The number of carbonyl (C=O) groups is 3. The quantitative estimate of drug-likeness (QED) is 0.539. The average Bonchev–Trinajstić information content (AvgIpc) is 3.44. The van der Waals surface area contributed by atoms with E-state index in [0.29, 0.717) is 35.5 Å². The van der Waals surface area contributed by atoms with E-state index in [9.17, 15) is 19.5 Å². The number of aromatic hydroxyl groups is 1. The highest BCUT2D eigenvalue weighted by Gasteiger charge is 2.83. The van der Waals surface area contributed by atoms with Crippen LogP contribution in [0.1, 0.15) is 94.5 Å². The van der Waals surface area contributed by atoms with Crippen LogP contribution >= 0.6 is 0 Å². The molecular weight excluding hydrogens is 470 g/mol. The van der Waals surface area contributed by atoms with Crippen LogP contribution in [0.15, 0.2) is 23.5 Å². The third-order valence-electron chi connectivity index (χ3n) is 10.4. The summed E-state index contributed by atoms with van der Waals surface area (Å²) >= 11 is 0. The van der Waals surface area contributed by atoms with E-state index in [2.05, 4.69) is 19.2 Å². The number of amides is 1. The maximum Gasteiger partial charge on any atom is 0.224 e. The van der Waals surface area contributed by atoms with Gasteiger partial charge < -0.3 is 19.9 Å². The van der Waals surface area contributed by atoms with Crippen molar-refractivity contribution in [3.8, 4) is 11.5 Å². The summed E-state index contributed by atoms with van der Waals surface area (Å²) in [5.41, 5.74) is -1.08. The van der Waals surface area contributed by atoms with Gasteiger partial charge in [0.1, 0.15) is 17.4 Å². The van der Waals surface area contributed by atoms with Crippen LogP contribution in [0.4, 0.5) is 0 Å². The van der Waals surface area contributed by atoms with Gasteiger partial charge in [-0.1, -0.05) is 40.0 Å². The van der Waals surface area contributed by atoms with Gasteiger partial charge in [0.05, 0.1) is 10.8 Å². The van der Waals surface area contributed by atoms with Gasteiger partial charge in [0.2, 0.25) is 5.91 Å². The highest BCUT2D eigenvalue weighted by molar-refractivity contribution is 6.14. The topological polar surface area (TPSA) is 102 Å². The van der Waals surface area contributed by atoms with Gasteiger partial charge in [-0.2, -0.15) is 0 Å². The highest BCUT2D eigenvalue weighted by Crippen LogP contribution is 2.76. The first kappa shape index (κ1) is 24.7. The Kier molecular flexibility index (Phi) is 5.44. The van der Waals surface area contributed by atoms with Crippen LogP contribution in [0, 0.1) is 17.3 Å². The van der Waals surface area contributed by atoms with E-state index < -0.39 is 34.3 Å². The predicted molar refractivity (Wildman–Crippen MR) is 136 cm³/mol. The van der Waals surface area contributed by atoms with E-state index >= 15 is 0 Å². The number of allylic oxidation sites excluding steroid dienone is 2. The van der Waals surface area contributed by atoms with Crippen molar-refractivity contribution >= 4 is 17.5 Å². The number of fused-ring (bicyclic) bond motifs is 1. The molecule has 0 unspecified atom stereocenters. The molecule has 1 saturated heterocycles. The minimum atomic E-state index is -1.19. The number of hydrogen-bond donors (Lipinski definition) is 2. The van der Waals surface area contributed by atoms with Crippen molar-refractivity contribution in [1.82, 2.24) is 5.32 Å². The van der Waals surface area contributed by atoms with Gasteiger partial charge in [-0.25, -0.2) is 0 Å². The second-order valence-corrected chi connectivity index (χ2v) is 11.9. The maximum atomic E-state index is 14.8. The van der Waals surface area contributed by atoms with Crippen LogP contribution < -0.4 is 10.1 Å². The lowest BCUT2D eigenvalue weighted by molar-refractivity contribution is -0.146. The van der Waals surface area contributed by atoms with Gasteiger partial charge in [-0.05, 0) is 56.2 Å². The van der Waals surface area contributed by atoms with Crippen LogP contribution in [0.3, 0.4) is 0 Å². The van der Waals surface area contributed by atoms with E-state index in [1.165, 1.54) is 6.07 Å². The van der Waals surface area contributed by atoms with Gasteiger partial charge in [0.25, 0.3) is 0 Å². The molecule has 7 nitrogen and oxygen atoms in total. The molecule has 2 aliphatic heterocycles. The summed E-state index contributed by atoms with van der Waals surface area (Å²) in [5.74, 6) is -0.363. The molecule has 2 heterocycles. The minimum Gasteiger partial charge on any atom is -0.504 e. The Morgan fingerprint density at radius 2 is 1.97 bits per heavy atom. The van der Waals surface area contributed by atoms with Crippen molar-refractivity contribution in [2.45, 2.75) is 95.6 Å². The predicted octanol–water partition coefficient (Wildman–Crippen LogP) is 4.74. The second kappa shape index (κ2) is 8.16. The lowest BCUT2D eigenvalue weighted by atomic mass is 9.54. The SMILES string of the molecule is CCCCC[C@@H]1C(=O)N[C@]23C[C@]45/C(=C(/CC)CCC[C@H](OC)C(=O)[C@@]4(C)[C@@H]12)Oc1c(O)ccc(c15)C3=O. The van der Waals surface area contributed by atoms with Gasteiger partial charge in [0, 0.05) is 30.1 Å². The summed E-state index contributed by atoms with van der Waals surface area (Å²) in [5, 5.41) is 14.1. The molecule has 7 heteroatoms. The monoisotopic (exact) mass is 507 g/mol. The Bertz CT molecular complexity index is 1250. The molecule has 37 heavy (non-hydrogen) atoms.